The molecule has 1 aromatic carbocycles. The summed E-state index contributed by atoms with van der Waals surface area (Å²) in [5.74, 6) is 2.16. The van der Waals surface area contributed by atoms with Crippen LogP contribution in [0.3, 0.4) is 0 Å². The van der Waals surface area contributed by atoms with Gasteiger partial charge in [-0.15, -0.1) is 10.2 Å². The number of carbonyl (C=O) groups is 1. The molecule has 8 heteroatoms. The van der Waals surface area contributed by atoms with Crippen molar-refractivity contribution in [2.75, 3.05) is 37.4 Å². The average Bonchev–Trinajstić information content (AvgIpc) is 3.22. The molecule has 30 heavy (non-hydrogen) atoms. The Labute approximate surface area is 182 Å². The standard InChI is InChI=1S/C22H31N5O2S/c1-17-10-6-9-15-26(17)20(28)16-30-22-24-23-21(25-13-7-3-8-14-25)27(22)18-11-4-5-12-19(18)29-2/h4-5,11-12,17H,3,6-10,13-16H2,1-2H3. The molecule has 2 aromatic rings. The normalized spacial score (nSPS) is 19.7. The summed E-state index contributed by atoms with van der Waals surface area (Å²) in [6.45, 7) is 4.96. The summed E-state index contributed by atoms with van der Waals surface area (Å²) in [4.78, 5) is 17.2. The molecule has 0 aliphatic carbocycles. The molecule has 3 heterocycles. The number of hydrogen-bond donors (Lipinski definition) is 0. The topological polar surface area (TPSA) is 63.5 Å². The van der Waals surface area contributed by atoms with E-state index in [1.165, 1.54) is 24.6 Å². The summed E-state index contributed by atoms with van der Waals surface area (Å²) in [6.07, 6.45) is 6.96. The molecule has 2 aliphatic rings. The number of para-hydroxylation sites is 2. The van der Waals surface area contributed by atoms with Crippen LogP contribution >= 0.6 is 11.8 Å². The molecular weight excluding hydrogens is 398 g/mol. The SMILES string of the molecule is COc1ccccc1-n1c(SCC(=O)N2CCCCC2C)nnc1N1CCCCC1. The molecule has 0 spiro atoms. The Bertz CT molecular complexity index is 865. The van der Waals surface area contributed by atoms with Gasteiger partial charge in [-0.05, 0) is 57.6 Å². The largest absolute Gasteiger partial charge is 0.495 e. The Balaban J connectivity index is 1.61. The lowest BCUT2D eigenvalue weighted by Crippen LogP contribution is -2.43. The van der Waals surface area contributed by atoms with Gasteiger partial charge < -0.3 is 14.5 Å². The smallest absolute Gasteiger partial charge is 0.233 e. The van der Waals surface area contributed by atoms with E-state index >= 15 is 0 Å². The van der Waals surface area contributed by atoms with Gasteiger partial charge >= 0.3 is 0 Å². The maximum atomic E-state index is 12.9. The van der Waals surface area contributed by atoms with Crippen LogP contribution in [0.2, 0.25) is 0 Å². The second-order valence-electron chi connectivity index (χ2n) is 8.06. The summed E-state index contributed by atoms with van der Waals surface area (Å²) in [5, 5.41) is 9.76. The molecule has 0 saturated carbocycles. The van der Waals surface area contributed by atoms with Gasteiger partial charge in [-0.1, -0.05) is 23.9 Å². The first-order valence-electron chi connectivity index (χ1n) is 10.9. The van der Waals surface area contributed by atoms with Crippen molar-refractivity contribution in [3.8, 4) is 11.4 Å². The van der Waals surface area contributed by atoms with Gasteiger partial charge in [0.25, 0.3) is 0 Å². The zero-order valence-corrected chi connectivity index (χ0v) is 18.7. The van der Waals surface area contributed by atoms with Crippen molar-refractivity contribution in [3.05, 3.63) is 24.3 Å². The molecule has 4 rings (SSSR count). The summed E-state index contributed by atoms with van der Waals surface area (Å²) in [7, 11) is 1.68. The fourth-order valence-electron chi connectivity index (χ4n) is 4.36. The lowest BCUT2D eigenvalue weighted by Gasteiger charge is -2.33. The molecule has 1 amide bonds. The first-order valence-corrected chi connectivity index (χ1v) is 11.9. The predicted octanol–water partition coefficient (Wildman–Crippen LogP) is 3.76. The highest BCUT2D eigenvalue weighted by atomic mass is 32.2. The summed E-state index contributed by atoms with van der Waals surface area (Å²) in [6, 6.07) is 8.25. The summed E-state index contributed by atoms with van der Waals surface area (Å²) in [5.41, 5.74) is 0.909. The van der Waals surface area contributed by atoms with Crippen LogP contribution in [0.15, 0.2) is 29.4 Å². The van der Waals surface area contributed by atoms with Gasteiger partial charge in [-0.3, -0.25) is 9.36 Å². The van der Waals surface area contributed by atoms with Crippen molar-refractivity contribution >= 4 is 23.6 Å². The molecule has 162 valence electrons. The van der Waals surface area contributed by atoms with E-state index in [1.807, 2.05) is 29.2 Å². The van der Waals surface area contributed by atoms with Crippen molar-refractivity contribution < 1.29 is 9.53 Å². The number of methoxy groups -OCH3 is 1. The fraction of sp³-hybridized carbons (Fsp3) is 0.591. The van der Waals surface area contributed by atoms with E-state index in [1.54, 1.807) is 7.11 Å². The van der Waals surface area contributed by atoms with E-state index in [9.17, 15) is 4.79 Å². The number of piperidine rings is 2. The van der Waals surface area contributed by atoms with Crippen LogP contribution in [0, 0.1) is 0 Å². The van der Waals surface area contributed by atoms with E-state index in [0.717, 1.165) is 67.9 Å². The monoisotopic (exact) mass is 429 g/mol. The molecule has 0 N–H and O–H groups in total. The van der Waals surface area contributed by atoms with Crippen molar-refractivity contribution in [3.63, 3.8) is 0 Å². The minimum Gasteiger partial charge on any atom is -0.495 e. The Kier molecular flexibility index (Phi) is 6.82. The van der Waals surface area contributed by atoms with Gasteiger partial charge in [0.2, 0.25) is 11.9 Å². The zero-order valence-electron chi connectivity index (χ0n) is 17.9. The minimum absolute atomic E-state index is 0.182. The van der Waals surface area contributed by atoms with Crippen LogP contribution in [0.5, 0.6) is 5.75 Å². The molecule has 2 saturated heterocycles. The number of rotatable bonds is 6. The molecule has 2 aliphatic heterocycles. The third kappa shape index (κ3) is 4.43. The number of amides is 1. The van der Waals surface area contributed by atoms with Crippen molar-refractivity contribution in [1.29, 1.82) is 0 Å². The van der Waals surface area contributed by atoms with Gasteiger partial charge in [-0.25, -0.2) is 0 Å². The highest BCUT2D eigenvalue weighted by Gasteiger charge is 2.26. The Morgan fingerprint density at radius 2 is 1.87 bits per heavy atom. The molecule has 7 nitrogen and oxygen atoms in total. The van der Waals surface area contributed by atoms with E-state index in [4.69, 9.17) is 4.74 Å². The number of carbonyl (C=O) groups excluding carboxylic acids is 1. The number of aromatic nitrogens is 3. The van der Waals surface area contributed by atoms with Crippen molar-refractivity contribution in [2.45, 2.75) is 56.6 Å². The Morgan fingerprint density at radius 3 is 2.63 bits per heavy atom. The molecule has 1 unspecified atom stereocenters. The zero-order chi connectivity index (χ0) is 20.9. The highest BCUT2D eigenvalue weighted by molar-refractivity contribution is 7.99. The third-order valence-corrected chi connectivity index (χ3v) is 6.94. The second kappa shape index (κ2) is 9.73. The fourth-order valence-corrected chi connectivity index (χ4v) is 5.18. The van der Waals surface area contributed by atoms with Crippen LogP contribution < -0.4 is 9.64 Å². The van der Waals surface area contributed by atoms with Crippen LogP contribution in [-0.2, 0) is 4.79 Å². The quantitative estimate of drug-likeness (QED) is 0.652. The Hall–Kier alpha value is -2.22. The lowest BCUT2D eigenvalue weighted by atomic mass is 10.0. The molecule has 0 bridgehead atoms. The summed E-state index contributed by atoms with van der Waals surface area (Å²) < 4.78 is 7.68. The first-order chi connectivity index (χ1) is 14.7. The van der Waals surface area contributed by atoms with Crippen molar-refractivity contribution in [1.82, 2.24) is 19.7 Å². The number of nitrogens with zero attached hydrogens (tertiary/aromatic N) is 5. The van der Waals surface area contributed by atoms with E-state index in [-0.39, 0.29) is 5.91 Å². The van der Waals surface area contributed by atoms with E-state index < -0.39 is 0 Å². The number of benzene rings is 1. The number of thioether (sulfide) groups is 1. The van der Waals surface area contributed by atoms with Gasteiger partial charge in [0.1, 0.15) is 5.75 Å². The molecular formula is C22H31N5O2S. The predicted molar refractivity (Wildman–Crippen MR) is 120 cm³/mol. The minimum atomic E-state index is 0.182. The second-order valence-corrected chi connectivity index (χ2v) is 9.00. The molecule has 1 aromatic heterocycles. The van der Waals surface area contributed by atoms with Gasteiger partial charge in [0.05, 0.1) is 18.6 Å². The lowest BCUT2D eigenvalue weighted by molar-refractivity contribution is -0.131. The average molecular weight is 430 g/mol. The van der Waals surface area contributed by atoms with Crippen LogP contribution in [0.1, 0.15) is 45.4 Å². The molecule has 2 fully saturated rings. The maximum Gasteiger partial charge on any atom is 0.233 e. The molecule has 1 atom stereocenters. The number of hydrogen-bond acceptors (Lipinski definition) is 6. The van der Waals surface area contributed by atoms with Gasteiger partial charge in [-0.2, -0.15) is 0 Å². The van der Waals surface area contributed by atoms with Crippen LogP contribution in [-0.4, -0.2) is 64.1 Å². The maximum absolute atomic E-state index is 12.9. The van der Waals surface area contributed by atoms with Crippen LogP contribution in [0.25, 0.3) is 5.69 Å². The number of anilines is 1. The van der Waals surface area contributed by atoms with Crippen molar-refractivity contribution in [2.24, 2.45) is 0 Å². The highest BCUT2D eigenvalue weighted by Crippen LogP contribution is 2.33. The van der Waals surface area contributed by atoms with Crippen LogP contribution in [0.4, 0.5) is 5.95 Å². The number of likely N-dealkylation sites (tertiary alicyclic amines) is 1. The summed E-state index contributed by atoms with van der Waals surface area (Å²) >= 11 is 1.47. The number of ether oxygens (including phenoxy) is 1. The van der Waals surface area contributed by atoms with Gasteiger partial charge in [0, 0.05) is 25.7 Å². The third-order valence-electron chi connectivity index (χ3n) is 6.03. The van der Waals surface area contributed by atoms with E-state index in [2.05, 4.69) is 26.6 Å². The van der Waals surface area contributed by atoms with E-state index in [0.29, 0.717) is 11.8 Å². The van der Waals surface area contributed by atoms with Gasteiger partial charge in [0.15, 0.2) is 5.16 Å². The first kappa shape index (κ1) is 21.0. The Morgan fingerprint density at radius 1 is 1.10 bits per heavy atom. The molecule has 0 radical (unpaired) electrons.